The summed E-state index contributed by atoms with van der Waals surface area (Å²) in [6.07, 6.45) is 0.0887. The summed E-state index contributed by atoms with van der Waals surface area (Å²) in [5, 5.41) is 2.76. The number of methoxy groups -OCH3 is 1. The van der Waals surface area contributed by atoms with Crippen LogP contribution in [0.15, 0.2) is 48.5 Å². The Morgan fingerprint density at radius 1 is 1.14 bits per heavy atom. The highest BCUT2D eigenvalue weighted by atomic mass is 16.5. The molecule has 1 unspecified atom stereocenters. The minimum Gasteiger partial charge on any atom is -0.495 e. The van der Waals surface area contributed by atoms with E-state index in [1.54, 1.807) is 48.2 Å². The normalized spacial score (nSPS) is 16.0. The van der Waals surface area contributed by atoms with Crippen molar-refractivity contribution in [2.75, 3.05) is 30.5 Å². The van der Waals surface area contributed by atoms with Crippen molar-refractivity contribution in [1.29, 1.82) is 0 Å². The topological polar surface area (TPSA) is 84.9 Å². The number of anilines is 2. The maximum atomic E-state index is 12.8. The molecule has 7 nitrogen and oxygen atoms in total. The van der Waals surface area contributed by atoms with Crippen molar-refractivity contribution in [3.8, 4) is 5.75 Å². The number of hydrogen-bond donors (Lipinski definition) is 1. The van der Waals surface area contributed by atoms with E-state index in [9.17, 15) is 14.4 Å². The number of carbonyl (C=O) groups excluding carboxylic acids is 3. The van der Waals surface area contributed by atoms with E-state index in [1.165, 1.54) is 7.11 Å². The summed E-state index contributed by atoms with van der Waals surface area (Å²) in [7, 11) is 1.54. The first kappa shape index (κ1) is 19.4. The van der Waals surface area contributed by atoms with E-state index in [0.29, 0.717) is 17.1 Å². The summed E-state index contributed by atoms with van der Waals surface area (Å²) in [4.78, 5) is 38.9. The molecule has 7 heteroatoms. The molecule has 1 aliphatic rings. The number of benzene rings is 2. The predicted molar refractivity (Wildman–Crippen MR) is 104 cm³/mol. The van der Waals surface area contributed by atoms with Crippen LogP contribution in [0.2, 0.25) is 0 Å². The van der Waals surface area contributed by atoms with Crippen LogP contribution >= 0.6 is 0 Å². The fourth-order valence-electron chi connectivity index (χ4n) is 3.18. The highest BCUT2D eigenvalue weighted by Gasteiger charge is 2.36. The average molecular weight is 382 g/mol. The van der Waals surface area contributed by atoms with Gasteiger partial charge in [-0.2, -0.15) is 0 Å². The molecule has 0 bridgehead atoms. The number of para-hydroxylation sites is 3. The molecule has 3 rings (SSSR count). The number of ether oxygens (including phenoxy) is 2. The van der Waals surface area contributed by atoms with Crippen molar-refractivity contribution in [2.45, 2.75) is 13.3 Å². The zero-order valence-electron chi connectivity index (χ0n) is 15.8. The molecule has 1 aliphatic heterocycles. The molecule has 1 heterocycles. The van der Waals surface area contributed by atoms with Gasteiger partial charge in [-0.25, -0.2) is 4.79 Å². The lowest BCUT2D eigenvalue weighted by molar-refractivity contribution is -0.122. The SMILES string of the molecule is CCOC(=O)c1ccccc1NC(=O)C1CC(=O)N(c2ccccc2OC)C1. The fraction of sp³-hybridized carbons (Fsp3) is 0.286. The van der Waals surface area contributed by atoms with Crippen molar-refractivity contribution in [3.63, 3.8) is 0 Å². The zero-order chi connectivity index (χ0) is 20.1. The maximum absolute atomic E-state index is 12.8. The average Bonchev–Trinajstić information content (AvgIpc) is 3.10. The third kappa shape index (κ3) is 3.98. The molecule has 0 spiro atoms. The second-order valence-corrected chi connectivity index (χ2v) is 6.33. The van der Waals surface area contributed by atoms with Gasteiger partial charge in [0.15, 0.2) is 0 Å². The Hall–Kier alpha value is -3.35. The Morgan fingerprint density at radius 3 is 2.61 bits per heavy atom. The lowest BCUT2D eigenvalue weighted by Crippen LogP contribution is -2.28. The molecule has 2 amide bonds. The minimum atomic E-state index is -0.535. The Bertz CT molecular complexity index is 896. The van der Waals surface area contributed by atoms with Gasteiger partial charge in [-0.05, 0) is 31.2 Å². The smallest absolute Gasteiger partial charge is 0.340 e. The van der Waals surface area contributed by atoms with Crippen LogP contribution < -0.4 is 15.0 Å². The van der Waals surface area contributed by atoms with Gasteiger partial charge in [-0.15, -0.1) is 0 Å². The van der Waals surface area contributed by atoms with E-state index in [-0.39, 0.29) is 37.0 Å². The summed E-state index contributed by atoms with van der Waals surface area (Å²) in [5.74, 6) is -0.931. The molecule has 0 aromatic heterocycles. The van der Waals surface area contributed by atoms with Crippen molar-refractivity contribution in [3.05, 3.63) is 54.1 Å². The third-order valence-electron chi connectivity index (χ3n) is 4.55. The summed E-state index contributed by atoms with van der Waals surface area (Å²) in [5.41, 5.74) is 1.29. The first-order valence-corrected chi connectivity index (χ1v) is 9.05. The second-order valence-electron chi connectivity index (χ2n) is 6.33. The lowest BCUT2D eigenvalue weighted by Gasteiger charge is -2.19. The van der Waals surface area contributed by atoms with Crippen LogP contribution in [0.1, 0.15) is 23.7 Å². The first-order chi connectivity index (χ1) is 13.5. The van der Waals surface area contributed by atoms with Crippen molar-refractivity contribution >= 4 is 29.2 Å². The van der Waals surface area contributed by atoms with Crippen LogP contribution in [-0.4, -0.2) is 38.0 Å². The molecule has 2 aromatic rings. The van der Waals surface area contributed by atoms with Gasteiger partial charge in [0.25, 0.3) is 0 Å². The van der Waals surface area contributed by atoms with E-state index in [1.807, 2.05) is 12.1 Å². The fourth-order valence-corrected chi connectivity index (χ4v) is 3.18. The number of esters is 1. The number of nitrogens with zero attached hydrogens (tertiary/aromatic N) is 1. The van der Waals surface area contributed by atoms with Crippen LogP contribution in [0.4, 0.5) is 11.4 Å². The number of hydrogen-bond acceptors (Lipinski definition) is 5. The molecule has 1 fully saturated rings. The molecule has 1 atom stereocenters. The van der Waals surface area contributed by atoms with Gasteiger partial charge in [0, 0.05) is 13.0 Å². The number of amides is 2. The van der Waals surface area contributed by atoms with Crippen LogP contribution in [0.3, 0.4) is 0 Å². The molecule has 28 heavy (non-hydrogen) atoms. The zero-order valence-corrected chi connectivity index (χ0v) is 15.8. The standard InChI is InChI=1S/C21H22N2O5/c1-3-28-21(26)15-8-4-5-9-16(15)22-20(25)14-12-19(24)23(13-14)17-10-6-7-11-18(17)27-2/h4-11,14H,3,12-13H2,1-2H3,(H,22,25). The van der Waals surface area contributed by atoms with Gasteiger partial charge >= 0.3 is 5.97 Å². The molecule has 1 N–H and O–H groups in total. The van der Waals surface area contributed by atoms with Crippen LogP contribution in [0.25, 0.3) is 0 Å². The first-order valence-electron chi connectivity index (χ1n) is 9.05. The summed E-state index contributed by atoms with van der Waals surface area (Å²) < 4.78 is 10.3. The third-order valence-corrected chi connectivity index (χ3v) is 4.55. The van der Waals surface area contributed by atoms with Gasteiger partial charge in [-0.1, -0.05) is 24.3 Å². The van der Waals surface area contributed by atoms with E-state index in [2.05, 4.69) is 5.32 Å². The van der Waals surface area contributed by atoms with Gasteiger partial charge < -0.3 is 19.7 Å². The molecule has 146 valence electrons. The van der Waals surface area contributed by atoms with Gasteiger partial charge in [-0.3, -0.25) is 9.59 Å². The Labute approximate surface area is 163 Å². The summed E-state index contributed by atoms with van der Waals surface area (Å²) >= 11 is 0. The summed E-state index contributed by atoms with van der Waals surface area (Å²) in [6.45, 7) is 2.20. The Kier molecular flexibility index (Phi) is 5.93. The molecule has 0 radical (unpaired) electrons. The van der Waals surface area contributed by atoms with E-state index in [4.69, 9.17) is 9.47 Å². The molecule has 0 saturated carbocycles. The van der Waals surface area contributed by atoms with Crippen LogP contribution in [0, 0.1) is 5.92 Å². The molecule has 2 aromatic carbocycles. The maximum Gasteiger partial charge on any atom is 0.340 e. The van der Waals surface area contributed by atoms with Gasteiger partial charge in [0.05, 0.1) is 36.6 Å². The monoisotopic (exact) mass is 382 g/mol. The molecule has 0 aliphatic carbocycles. The van der Waals surface area contributed by atoms with Gasteiger partial charge in [0.2, 0.25) is 11.8 Å². The number of nitrogens with one attached hydrogen (secondary N) is 1. The Morgan fingerprint density at radius 2 is 1.86 bits per heavy atom. The second kappa shape index (κ2) is 8.56. The largest absolute Gasteiger partial charge is 0.495 e. The Balaban J connectivity index is 1.75. The van der Waals surface area contributed by atoms with E-state index >= 15 is 0 Å². The minimum absolute atomic E-state index is 0.0887. The molecular formula is C21H22N2O5. The van der Waals surface area contributed by atoms with E-state index < -0.39 is 11.9 Å². The summed E-state index contributed by atoms with van der Waals surface area (Å²) in [6, 6.07) is 13.8. The predicted octanol–water partition coefficient (Wildman–Crippen LogP) is 2.86. The van der Waals surface area contributed by atoms with Crippen LogP contribution in [-0.2, 0) is 14.3 Å². The lowest BCUT2D eigenvalue weighted by atomic mass is 10.1. The number of carbonyl (C=O) groups is 3. The van der Waals surface area contributed by atoms with E-state index in [0.717, 1.165) is 0 Å². The molecular weight excluding hydrogens is 360 g/mol. The van der Waals surface area contributed by atoms with Crippen molar-refractivity contribution in [2.24, 2.45) is 5.92 Å². The van der Waals surface area contributed by atoms with Gasteiger partial charge in [0.1, 0.15) is 5.75 Å². The van der Waals surface area contributed by atoms with Crippen molar-refractivity contribution < 1.29 is 23.9 Å². The quantitative estimate of drug-likeness (QED) is 0.777. The van der Waals surface area contributed by atoms with Crippen LogP contribution in [0.5, 0.6) is 5.75 Å². The molecule has 1 saturated heterocycles. The van der Waals surface area contributed by atoms with Crippen molar-refractivity contribution in [1.82, 2.24) is 0 Å². The highest BCUT2D eigenvalue weighted by Crippen LogP contribution is 2.33. The highest BCUT2D eigenvalue weighted by molar-refractivity contribution is 6.06. The number of rotatable bonds is 6.